The van der Waals surface area contributed by atoms with Gasteiger partial charge in [-0.1, -0.05) is 25.0 Å². The Kier molecular flexibility index (Phi) is 7.48. The number of aliphatic hydroxyl groups is 2. The van der Waals surface area contributed by atoms with E-state index in [1.54, 1.807) is 12.1 Å². The van der Waals surface area contributed by atoms with Gasteiger partial charge in [-0.05, 0) is 60.6 Å². The molecule has 2 heterocycles. The maximum atomic E-state index is 13.8. The predicted octanol–water partition coefficient (Wildman–Crippen LogP) is 2.66. The second kappa shape index (κ2) is 10.4. The van der Waals surface area contributed by atoms with Crippen LogP contribution in [-0.4, -0.2) is 50.6 Å². The molecule has 182 valence electrons. The summed E-state index contributed by atoms with van der Waals surface area (Å²) in [6, 6.07) is 8.96. The lowest BCUT2D eigenvalue weighted by atomic mass is 9.94. The second-order valence-corrected chi connectivity index (χ2v) is 10.6. The summed E-state index contributed by atoms with van der Waals surface area (Å²) in [5, 5.41) is 20.6. The minimum atomic E-state index is -4.13. The van der Waals surface area contributed by atoms with Crippen molar-refractivity contribution >= 4 is 15.7 Å². The van der Waals surface area contributed by atoms with Gasteiger partial charge in [-0.2, -0.15) is 0 Å². The van der Waals surface area contributed by atoms with E-state index in [1.807, 2.05) is 19.1 Å². The Hall–Kier alpha value is -2.57. The molecule has 4 rings (SSSR count). The Morgan fingerprint density at radius 3 is 2.65 bits per heavy atom. The molecule has 1 fully saturated rings. The standard InChI is InChI=1S/C26H31NO6S/c1-3-18-5-7-24-20(13-18)15-25(29)23(4-2)27(24)34(30,31)22-6-8-26(21(14-22)16-28)33-17-19-9-11-32-12-10-19/h2,5-8,13-14,19,23,25,28-29H,3,9-12,15-17H2,1H3/t23-,25+/m0/s1. The molecule has 0 spiro atoms. The van der Waals surface area contributed by atoms with Gasteiger partial charge in [-0.3, -0.25) is 0 Å². The van der Waals surface area contributed by atoms with Gasteiger partial charge in [0.2, 0.25) is 0 Å². The number of terminal acetylenes is 1. The molecular weight excluding hydrogens is 454 g/mol. The van der Waals surface area contributed by atoms with Crippen molar-refractivity contribution in [2.75, 3.05) is 24.1 Å². The maximum Gasteiger partial charge on any atom is 0.265 e. The fourth-order valence-corrected chi connectivity index (χ4v) is 6.25. The van der Waals surface area contributed by atoms with E-state index >= 15 is 0 Å². The molecule has 2 atom stereocenters. The van der Waals surface area contributed by atoms with Gasteiger partial charge in [-0.25, -0.2) is 12.7 Å². The highest BCUT2D eigenvalue weighted by Crippen LogP contribution is 2.37. The predicted molar refractivity (Wildman–Crippen MR) is 129 cm³/mol. The van der Waals surface area contributed by atoms with Gasteiger partial charge in [0.05, 0.1) is 29.9 Å². The van der Waals surface area contributed by atoms with Crippen LogP contribution >= 0.6 is 0 Å². The minimum Gasteiger partial charge on any atom is -0.493 e. The number of nitrogens with zero attached hydrogens (tertiary/aromatic N) is 1. The van der Waals surface area contributed by atoms with E-state index in [-0.39, 0.29) is 17.9 Å². The molecule has 0 saturated carbocycles. The first-order chi connectivity index (χ1) is 16.4. The number of anilines is 1. The summed E-state index contributed by atoms with van der Waals surface area (Å²) in [4.78, 5) is -0.0187. The largest absolute Gasteiger partial charge is 0.493 e. The van der Waals surface area contributed by atoms with E-state index in [0.717, 1.165) is 34.7 Å². The normalized spacial score (nSPS) is 21.1. The number of rotatable bonds is 7. The first-order valence-electron chi connectivity index (χ1n) is 11.6. The van der Waals surface area contributed by atoms with Crippen LogP contribution in [0.2, 0.25) is 0 Å². The lowest BCUT2D eigenvalue weighted by Gasteiger charge is -2.38. The van der Waals surface area contributed by atoms with Crippen molar-refractivity contribution in [2.24, 2.45) is 5.92 Å². The Balaban J connectivity index is 1.67. The highest BCUT2D eigenvalue weighted by molar-refractivity contribution is 7.92. The highest BCUT2D eigenvalue weighted by Gasteiger charge is 2.40. The van der Waals surface area contributed by atoms with Crippen LogP contribution in [-0.2, 0) is 34.2 Å². The van der Waals surface area contributed by atoms with Crippen molar-refractivity contribution in [3.8, 4) is 18.1 Å². The number of aryl methyl sites for hydroxylation is 1. The Bertz CT molecular complexity index is 1170. The summed E-state index contributed by atoms with van der Waals surface area (Å²) >= 11 is 0. The number of aliphatic hydroxyl groups excluding tert-OH is 2. The highest BCUT2D eigenvalue weighted by atomic mass is 32.2. The van der Waals surface area contributed by atoms with E-state index in [9.17, 15) is 18.6 Å². The molecule has 7 nitrogen and oxygen atoms in total. The molecule has 1 saturated heterocycles. The number of fused-ring (bicyclic) bond motifs is 1. The van der Waals surface area contributed by atoms with E-state index < -0.39 is 22.2 Å². The van der Waals surface area contributed by atoms with Gasteiger partial charge >= 0.3 is 0 Å². The summed E-state index contributed by atoms with van der Waals surface area (Å²) in [5.41, 5.74) is 2.64. The average Bonchev–Trinajstić information content (AvgIpc) is 2.86. The molecule has 0 bridgehead atoms. The van der Waals surface area contributed by atoms with Crippen molar-refractivity contribution in [1.29, 1.82) is 0 Å². The zero-order valence-electron chi connectivity index (χ0n) is 19.3. The van der Waals surface area contributed by atoms with E-state index in [0.29, 0.717) is 42.7 Å². The van der Waals surface area contributed by atoms with Crippen molar-refractivity contribution in [1.82, 2.24) is 0 Å². The summed E-state index contributed by atoms with van der Waals surface area (Å²) in [6.07, 6.45) is 7.54. The average molecular weight is 486 g/mol. The van der Waals surface area contributed by atoms with Gasteiger partial charge in [0.25, 0.3) is 10.0 Å². The van der Waals surface area contributed by atoms with Crippen LogP contribution < -0.4 is 9.04 Å². The summed E-state index contributed by atoms with van der Waals surface area (Å²) in [5.74, 6) is 3.27. The smallest absolute Gasteiger partial charge is 0.265 e. The Morgan fingerprint density at radius 2 is 1.97 bits per heavy atom. The minimum absolute atomic E-state index is 0.0187. The maximum absolute atomic E-state index is 13.8. The molecule has 2 N–H and O–H groups in total. The van der Waals surface area contributed by atoms with Gasteiger partial charge in [0, 0.05) is 25.2 Å². The molecular formula is C26H31NO6S. The molecule has 2 aromatic rings. The van der Waals surface area contributed by atoms with Crippen LogP contribution in [0.5, 0.6) is 5.75 Å². The van der Waals surface area contributed by atoms with Crippen molar-refractivity contribution in [3.63, 3.8) is 0 Å². The molecule has 2 aliphatic rings. The molecule has 0 radical (unpaired) electrons. The quantitative estimate of drug-likeness (QED) is 0.586. The lowest BCUT2D eigenvalue weighted by molar-refractivity contribution is 0.0494. The van der Waals surface area contributed by atoms with Crippen molar-refractivity contribution in [3.05, 3.63) is 53.1 Å². The zero-order valence-corrected chi connectivity index (χ0v) is 20.1. The Labute approximate surface area is 201 Å². The third kappa shape index (κ3) is 4.80. The molecule has 8 heteroatoms. The van der Waals surface area contributed by atoms with Crippen molar-refractivity contribution < 1.29 is 28.1 Å². The first-order valence-corrected chi connectivity index (χ1v) is 13.1. The molecule has 2 aliphatic heterocycles. The van der Waals surface area contributed by atoms with E-state index in [2.05, 4.69) is 5.92 Å². The topological polar surface area (TPSA) is 96.3 Å². The van der Waals surface area contributed by atoms with Gasteiger partial charge < -0.3 is 19.7 Å². The van der Waals surface area contributed by atoms with Crippen LogP contribution in [0, 0.1) is 18.3 Å². The summed E-state index contributed by atoms with van der Waals surface area (Å²) in [7, 11) is -4.13. The first kappa shape index (κ1) is 24.6. The number of hydrogen-bond acceptors (Lipinski definition) is 6. The third-order valence-electron chi connectivity index (χ3n) is 6.58. The number of benzene rings is 2. The zero-order chi connectivity index (χ0) is 24.3. The van der Waals surface area contributed by atoms with Crippen LogP contribution in [0.4, 0.5) is 5.69 Å². The van der Waals surface area contributed by atoms with Crippen LogP contribution in [0.25, 0.3) is 0 Å². The molecule has 2 aromatic carbocycles. The van der Waals surface area contributed by atoms with Crippen molar-refractivity contribution in [2.45, 2.75) is 56.3 Å². The number of hydrogen-bond donors (Lipinski definition) is 2. The van der Waals surface area contributed by atoms with Crippen LogP contribution in [0.1, 0.15) is 36.5 Å². The fraction of sp³-hybridized carbons (Fsp3) is 0.462. The fourth-order valence-electron chi connectivity index (χ4n) is 4.55. The molecule has 34 heavy (non-hydrogen) atoms. The number of ether oxygens (including phenoxy) is 2. The lowest BCUT2D eigenvalue weighted by Crippen LogP contribution is -2.50. The molecule has 0 amide bonds. The van der Waals surface area contributed by atoms with Gasteiger partial charge in [0.15, 0.2) is 0 Å². The molecule has 0 aliphatic carbocycles. The van der Waals surface area contributed by atoms with E-state index in [4.69, 9.17) is 15.9 Å². The second-order valence-electron chi connectivity index (χ2n) is 8.79. The number of sulfonamides is 1. The Morgan fingerprint density at radius 1 is 1.21 bits per heavy atom. The monoisotopic (exact) mass is 485 g/mol. The van der Waals surface area contributed by atoms with Crippen LogP contribution in [0.3, 0.4) is 0 Å². The molecule has 0 unspecified atom stereocenters. The molecule has 0 aromatic heterocycles. The SMILES string of the molecule is C#C[C@H]1[C@H](O)Cc2cc(CC)ccc2N1S(=O)(=O)c1ccc(OCC2CCOCC2)c(CO)c1. The summed E-state index contributed by atoms with van der Waals surface area (Å²) in [6.45, 7) is 3.54. The summed E-state index contributed by atoms with van der Waals surface area (Å²) < 4.78 is 40.0. The van der Waals surface area contributed by atoms with Gasteiger partial charge in [-0.15, -0.1) is 6.42 Å². The van der Waals surface area contributed by atoms with E-state index in [1.165, 1.54) is 12.1 Å². The third-order valence-corrected chi connectivity index (χ3v) is 8.37. The van der Waals surface area contributed by atoms with Gasteiger partial charge in [0.1, 0.15) is 11.8 Å². The van der Waals surface area contributed by atoms with Crippen LogP contribution in [0.15, 0.2) is 41.3 Å².